The van der Waals surface area contributed by atoms with Gasteiger partial charge in [-0.15, -0.1) is 0 Å². The van der Waals surface area contributed by atoms with Gasteiger partial charge in [0.05, 0.1) is 12.0 Å². The highest BCUT2D eigenvalue weighted by Crippen LogP contribution is 2.27. The van der Waals surface area contributed by atoms with Crippen molar-refractivity contribution in [3.63, 3.8) is 0 Å². The van der Waals surface area contributed by atoms with E-state index in [1.165, 1.54) is 12.5 Å². The van der Waals surface area contributed by atoms with Crippen LogP contribution in [0.2, 0.25) is 0 Å². The van der Waals surface area contributed by atoms with Gasteiger partial charge < -0.3 is 10.3 Å². The van der Waals surface area contributed by atoms with Gasteiger partial charge in [-0.3, -0.25) is 4.72 Å². The Bertz CT molecular complexity index is 735. The fourth-order valence-corrected chi connectivity index (χ4v) is 3.01. The van der Waals surface area contributed by atoms with E-state index in [9.17, 15) is 8.42 Å². The zero-order chi connectivity index (χ0) is 14.9. The van der Waals surface area contributed by atoms with Crippen LogP contribution in [0.4, 0.5) is 11.4 Å². The summed E-state index contributed by atoms with van der Waals surface area (Å²) in [7, 11) is -3.70. The predicted molar refractivity (Wildman–Crippen MR) is 79.0 cm³/mol. The van der Waals surface area contributed by atoms with E-state index >= 15 is 0 Å². The lowest BCUT2D eigenvalue weighted by atomic mass is 10.1. The molecule has 2 aromatic rings. The summed E-state index contributed by atoms with van der Waals surface area (Å²) in [4.78, 5) is 3.92. The molecule has 2 rings (SSSR count). The molecule has 0 saturated carbocycles. The second-order valence-corrected chi connectivity index (χ2v) is 6.25. The molecule has 1 heterocycles. The maximum absolute atomic E-state index is 12.3. The molecule has 7 heteroatoms. The molecular formula is C13H18N4O2S. The van der Waals surface area contributed by atoms with Gasteiger partial charge >= 0.3 is 0 Å². The van der Waals surface area contributed by atoms with Crippen LogP contribution in [0.25, 0.3) is 0 Å². The number of sulfonamides is 1. The average molecular weight is 294 g/mol. The Morgan fingerprint density at radius 2 is 2.05 bits per heavy atom. The number of nitrogens with one attached hydrogen (secondary N) is 1. The summed E-state index contributed by atoms with van der Waals surface area (Å²) in [6, 6.07) is 3.54. The van der Waals surface area contributed by atoms with Crippen LogP contribution in [0.1, 0.15) is 18.1 Å². The number of aromatic nitrogens is 2. The van der Waals surface area contributed by atoms with Crippen LogP contribution < -0.4 is 10.5 Å². The summed E-state index contributed by atoms with van der Waals surface area (Å²) < 4.78 is 28.9. The predicted octanol–water partition coefficient (Wildman–Crippen LogP) is 1.90. The van der Waals surface area contributed by atoms with Gasteiger partial charge in [0.1, 0.15) is 0 Å². The van der Waals surface area contributed by atoms with Gasteiger partial charge in [0.25, 0.3) is 10.0 Å². The molecule has 0 aliphatic heterocycles. The molecule has 0 bridgehead atoms. The van der Waals surface area contributed by atoms with Gasteiger partial charge in [0.15, 0.2) is 5.03 Å². The molecule has 3 N–H and O–H groups in total. The smallest absolute Gasteiger partial charge is 0.280 e. The quantitative estimate of drug-likeness (QED) is 0.843. The lowest BCUT2D eigenvalue weighted by Crippen LogP contribution is -2.15. The summed E-state index contributed by atoms with van der Waals surface area (Å²) in [5.74, 6) is 0. The molecule has 0 saturated heterocycles. The molecule has 0 aliphatic carbocycles. The van der Waals surface area contributed by atoms with Crippen molar-refractivity contribution in [1.29, 1.82) is 0 Å². The molecule has 0 fully saturated rings. The lowest BCUT2D eigenvalue weighted by Gasteiger charge is -2.13. The number of nitrogens with two attached hydrogens (primary N) is 1. The SMILES string of the molecule is CCn1cnc(S(=O)(=O)Nc2c(C)ccc(N)c2C)c1. The molecule has 108 valence electrons. The van der Waals surface area contributed by atoms with Crippen molar-refractivity contribution in [2.24, 2.45) is 0 Å². The van der Waals surface area contributed by atoms with Crippen molar-refractivity contribution >= 4 is 21.4 Å². The van der Waals surface area contributed by atoms with E-state index in [0.29, 0.717) is 23.5 Å². The number of nitrogens with zero attached hydrogens (tertiary/aromatic N) is 2. The topological polar surface area (TPSA) is 90.0 Å². The zero-order valence-electron chi connectivity index (χ0n) is 11.7. The van der Waals surface area contributed by atoms with Crippen LogP contribution >= 0.6 is 0 Å². The summed E-state index contributed by atoms with van der Waals surface area (Å²) in [5.41, 5.74) is 8.40. The fraction of sp³-hybridized carbons (Fsp3) is 0.308. The van der Waals surface area contributed by atoms with Crippen molar-refractivity contribution in [3.8, 4) is 0 Å². The first kappa shape index (κ1) is 14.4. The molecule has 20 heavy (non-hydrogen) atoms. The Hall–Kier alpha value is -2.02. The third-order valence-electron chi connectivity index (χ3n) is 3.20. The highest BCUT2D eigenvalue weighted by molar-refractivity contribution is 7.92. The van der Waals surface area contributed by atoms with Crippen molar-refractivity contribution in [3.05, 3.63) is 35.8 Å². The lowest BCUT2D eigenvalue weighted by molar-refractivity contribution is 0.598. The maximum Gasteiger partial charge on any atom is 0.280 e. The van der Waals surface area contributed by atoms with Crippen molar-refractivity contribution in [2.45, 2.75) is 32.3 Å². The molecule has 0 radical (unpaired) electrons. The molecule has 0 amide bonds. The van der Waals surface area contributed by atoms with Crippen LogP contribution in [0.5, 0.6) is 0 Å². The number of anilines is 2. The Labute approximate surface area is 118 Å². The number of hydrogen-bond acceptors (Lipinski definition) is 4. The minimum atomic E-state index is -3.70. The molecule has 0 aliphatic rings. The number of rotatable bonds is 4. The second-order valence-electron chi connectivity index (χ2n) is 4.62. The van der Waals surface area contributed by atoms with E-state index < -0.39 is 10.0 Å². The van der Waals surface area contributed by atoms with Gasteiger partial charge in [-0.2, -0.15) is 8.42 Å². The monoisotopic (exact) mass is 294 g/mol. The minimum Gasteiger partial charge on any atom is -0.398 e. The average Bonchev–Trinajstić information content (AvgIpc) is 2.89. The number of hydrogen-bond donors (Lipinski definition) is 2. The summed E-state index contributed by atoms with van der Waals surface area (Å²) in [6.07, 6.45) is 2.99. The largest absolute Gasteiger partial charge is 0.398 e. The van der Waals surface area contributed by atoms with Gasteiger partial charge in [-0.25, -0.2) is 4.98 Å². The third-order valence-corrected chi connectivity index (χ3v) is 4.44. The van der Waals surface area contributed by atoms with E-state index in [4.69, 9.17) is 5.73 Å². The first-order valence-electron chi connectivity index (χ1n) is 6.25. The molecular weight excluding hydrogens is 276 g/mol. The van der Waals surface area contributed by atoms with Gasteiger partial charge in [0, 0.05) is 18.4 Å². The Kier molecular flexibility index (Phi) is 3.71. The standard InChI is InChI=1S/C13H18N4O2S/c1-4-17-7-12(15-8-17)20(18,19)16-13-9(2)5-6-11(14)10(13)3/h5-8,16H,4,14H2,1-3H3. The molecule has 0 unspecified atom stereocenters. The normalized spacial score (nSPS) is 11.6. The van der Waals surface area contributed by atoms with E-state index in [-0.39, 0.29) is 5.03 Å². The summed E-state index contributed by atoms with van der Waals surface area (Å²) in [6.45, 7) is 6.19. The molecule has 0 spiro atoms. The van der Waals surface area contributed by atoms with Crippen molar-refractivity contribution < 1.29 is 8.42 Å². The highest BCUT2D eigenvalue weighted by atomic mass is 32.2. The zero-order valence-corrected chi connectivity index (χ0v) is 12.5. The molecule has 0 atom stereocenters. The second kappa shape index (κ2) is 5.16. The van der Waals surface area contributed by atoms with E-state index in [0.717, 1.165) is 5.56 Å². The van der Waals surface area contributed by atoms with Crippen LogP contribution in [-0.2, 0) is 16.6 Å². The van der Waals surface area contributed by atoms with Crippen LogP contribution in [0, 0.1) is 13.8 Å². The first-order valence-corrected chi connectivity index (χ1v) is 7.73. The van der Waals surface area contributed by atoms with Crippen LogP contribution in [0.15, 0.2) is 29.7 Å². The van der Waals surface area contributed by atoms with Crippen molar-refractivity contribution in [1.82, 2.24) is 9.55 Å². The first-order chi connectivity index (χ1) is 9.35. The number of nitrogen functional groups attached to an aromatic ring is 1. The minimum absolute atomic E-state index is 0.000532. The number of aryl methyl sites for hydroxylation is 2. The Balaban J connectivity index is 2.41. The Morgan fingerprint density at radius 1 is 1.35 bits per heavy atom. The number of benzene rings is 1. The number of imidazole rings is 1. The van der Waals surface area contributed by atoms with E-state index in [2.05, 4.69) is 9.71 Å². The van der Waals surface area contributed by atoms with Crippen LogP contribution in [-0.4, -0.2) is 18.0 Å². The fourth-order valence-electron chi connectivity index (χ4n) is 1.86. The molecule has 1 aromatic heterocycles. The van der Waals surface area contributed by atoms with Gasteiger partial charge in [-0.1, -0.05) is 6.07 Å². The summed E-state index contributed by atoms with van der Waals surface area (Å²) in [5, 5.41) is 0.000532. The molecule has 1 aromatic carbocycles. The van der Waals surface area contributed by atoms with Crippen molar-refractivity contribution in [2.75, 3.05) is 10.5 Å². The Morgan fingerprint density at radius 3 is 2.65 bits per heavy atom. The summed E-state index contributed by atoms with van der Waals surface area (Å²) >= 11 is 0. The third kappa shape index (κ3) is 2.62. The van der Waals surface area contributed by atoms with Crippen LogP contribution in [0.3, 0.4) is 0 Å². The highest BCUT2D eigenvalue weighted by Gasteiger charge is 2.19. The van der Waals surface area contributed by atoms with Gasteiger partial charge in [-0.05, 0) is 38.0 Å². The van der Waals surface area contributed by atoms with Gasteiger partial charge in [0.2, 0.25) is 0 Å². The van der Waals surface area contributed by atoms with E-state index in [1.807, 2.05) is 13.8 Å². The molecule has 6 nitrogen and oxygen atoms in total. The maximum atomic E-state index is 12.3. The van der Waals surface area contributed by atoms with E-state index in [1.54, 1.807) is 23.6 Å².